The molecule has 0 unspecified atom stereocenters. The Hall–Kier alpha value is -2.62. The molecule has 0 atom stereocenters. The van der Waals surface area contributed by atoms with Crippen molar-refractivity contribution in [3.05, 3.63) is 63.4 Å². The van der Waals surface area contributed by atoms with Crippen LogP contribution < -0.4 is 5.56 Å². The van der Waals surface area contributed by atoms with E-state index in [0.29, 0.717) is 22.2 Å². The summed E-state index contributed by atoms with van der Waals surface area (Å²) in [6.07, 6.45) is 4.63. The average Bonchev–Trinajstić information content (AvgIpc) is 3.27. The van der Waals surface area contributed by atoms with Gasteiger partial charge in [-0.15, -0.1) is 0 Å². The molecule has 1 fully saturated rings. The number of rotatable bonds is 5. The van der Waals surface area contributed by atoms with E-state index in [1.807, 2.05) is 31.2 Å². The lowest BCUT2D eigenvalue weighted by atomic mass is 9.95. The highest BCUT2D eigenvalue weighted by Crippen LogP contribution is 2.33. The number of pyridine rings is 1. The number of benzene rings is 2. The number of nitrogens with one attached hydrogen (secondary N) is 1. The van der Waals surface area contributed by atoms with Crippen molar-refractivity contribution >= 4 is 43.7 Å². The third kappa shape index (κ3) is 3.98. The Morgan fingerprint density at radius 3 is 2.64 bits per heavy atom. The van der Waals surface area contributed by atoms with Gasteiger partial charge in [0.1, 0.15) is 15.9 Å². The van der Waals surface area contributed by atoms with Gasteiger partial charge in [0.05, 0.1) is 17.2 Å². The van der Waals surface area contributed by atoms with Gasteiger partial charge in [0.2, 0.25) is 10.0 Å². The molecule has 1 aliphatic carbocycles. The summed E-state index contributed by atoms with van der Waals surface area (Å²) in [4.78, 5) is 16.2. The van der Waals surface area contributed by atoms with Crippen LogP contribution in [-0.2, 0) is 16.6 Å². The van der Waals surface area contributed by atoms with Crippen LogP contribution in [0.1, 0.15) is 48.8 Å². The second-order valence-corrected chi connectivity index (χ2v) is 11.2. The second kappa shape index (κ2) is 8.62. The topological polar surface area (TPSA) is 96.0 Å². The molecule has 1 saturated carbocycles. The number of aryl methyl sites for hydroxylation is 2. The van der Waals surface area contributed by atoms with Gasteiger partial charge in [-0.1, -0.05) is 43.5 Å². The lowest BCUT2D eigenvalue weighted by molar-refractivity contribution is 0.247. The fraction of sp³-hybridized carbons (Fsp3) is 0.375. The van der Waals surface area contributed by atoms with Crippen molar-refractivity contribution in [3.8, 4) is 0 Å². The Balaban J connectivity index is 1.65. The summed E-state index contributed by atoms with van der Waals surface area (Å²) < 4.78 is 38.4. The molecule has 1 N–H and O–H groups in total. The molecule has 0 radical (unpaired) electrons. The maximum Gasteiger partial charge on any atom is 0.252 e. The van der Waals surface area contributed by atoms with Crippen molar-refractivity contribution in [2.45, 2.75) is 63.4 Å². The summed E-state index contributed by atoms with van der Waals surface area (Å²) in [6, 6.07) is 11.1. The number of hydrogen-bond donors (Lipinski definition) is 1. The van der Waals surface area contributed by atoms with Crippen molar-refractivity contribution in [3.63, 3.8) is 0 Å². The summed E-state index contributed by atoms with van der Waals surface area (Å²) in [7, 11) is -3.92. The predicted octanol–water partition coefficient (Wildman–Crippen LogP) is 4.67. The zero-order valence-electron chi connectivity index (χ0n) is 18.7. The summed E-state index contributed by atoms with van der Waals surface area (Å²) in [5, 5.41) is 0.896. The molecule has 0 amide bonds. The molecule has 33 heavy (non-hydrogen) atoms. The van der Waals surface area contributed by atoms with E-state index in [-0.39, 0.29) is 23.0 Å². The monoisotopic (exact) mass is 482 g/mol. The fourth-order valence-corrected chi connectivity index (χ4v) is 7.48. The first kappa shape index (κ1) is 22.2. The quantitative estimate of drug-likeness (QED) is 0.446. The van der Waals surface area contributed by atoms with Crippen LogP contribution in [0.15, 0.2) is 46.1 Å². The Labute approximate surface area is 196 Å². The minimum Gasteiger partial charge on any atom is -0.321 e. The van der Waals surface area contributed by atoms with Crippen LogP contribution in [0.4, 0.5) is 0 Å². The minimum atomic E-state index is -3.92. The van der Waals surface area contributed by atoms with Crippen molar-refractivity contribution in [1.29, 1.82) is 0 Å². The molecule has 9 heteroatoms. The first-order valence-corrected chi connectivity index (χ1v) is 13.4. The van der Waals surface area contributed by atoms with Crippen molar-refractivity contribution in [1.82, 2.24) is 18.0 Å². The maximum atomic E-state index is 14.1. The summed E-state index contributed by atoms with van der Waals surface area (Å²) >= 11 is 1.01. The summed E-state index contributed by atoms with van der Waals surface area (Å²) in [6.45, 7) is 3.76. The normalized spacial score (nSPS) is 15.6. The third-order valence-electron chi connectivity index (χ3n) is 6.62. The number of sulfonamides is 1. The molecule has 2 aromatic carbocycles. The van der Waals surface area contributed by atoms with Crippen molar-refractivity contribution in [2.24, 2.45) is 0 Å². The van der Waals surface area contributed by atoms with Crippen LogP contribution in [0.3, 0.4) is 0 Å². The van der Waals surface area contributed by atoms with E-state index in [1.165, 1.54) is 0 Å². The molecule has 172 valence electrons. The highest BCUT2D eigenvalue weighted by Gasteiger charge is 2.36. The molecular weight excluding hydrogens is 456 g/mol. The molecule has 1 aliphatic rings. The Morgan fingerprint density at radius 2 is 1.85 bits per heavy atom. The van der Waals surface area contributed by atoms with E-state index in [1.54, 1.807) is 23.4 Å². The molecule has 2 heterocycles. The molecule has 0 spiro atoms. The largest absolute Gasteiger partial charge is 0.321 e. The van der Waals surface area contributed by atoms with Crippen molar-refractivity contribution in [2.75, 3.05) is 0 Å². The van der Waals surface area contributed by atoms with E-state index in [2.05, 4.69) is 13.7 Å². The van der Waals surface area contributed by atoms with E-state index in [4.69, 9.17) is 0 Å². The van der Waals surface area contributed by atoms with E-state index in [0.717, 1.165) is 60.3 Å². The zero-order valence-corrected chi connectivity index (χ0v) is 20.3. The Bertz CT molecular complexity index is 1500. The predicted molar refractivity (Wildman–Crippen MR) is 131 cm³/mol. The van der Waals surface area contributed by atoms with E-state index in [9.17, 15) is 13.2 Å². The van der Waals surface area contributed by atoms with Crippen LogP contribution in [0.25, 0.3) is 21.9 Å². The second-order valence-electron chi connectivity index (χ2n) is 8.85. The molecular formula is C24H26N4O3S2. The fourth-order valence-electron chi connectivity index (χ4n) is 4.86. The molecule has 0 saturated heterocycles. The van der Waals surface area contributed by atoms with Gasteiger partial charge in [-0.25, -0.2) is 8.42 Å². The van der Waals surface area contributed by atoms with Gasteiger partial charge in [0.15, 0.2) is 0 Å². The highest BCUT2D eigenvalue weighted by molar-refractivity contribution is 7.89. The van der Waals surface area contributed by atoms with Crippen molar-refractivity contribution < 1.29 is 8.42 Å². The molecule has 0 bridgehead atoms. The van der Waals surface area contributed by atoms with Crippen LogP contribution in [0.2, 0.25) is 0 Å². The van der Waals surface area contributed by atoms with Gasteiger partial charge in [-0.3, -0.25) is 4.79 Å². The van der Waals surface area contributed by atoms with Crippen LogP contribution in [0, 0.1) is 13.8 Å². The van der Waals surface area contributed by atoms with Gasteiger partial charge in [0.25, 0.3) is 5.56 Å². The summed E-state index contributed by atoms with van der Waals surface area (Å²) in [5.41, 5.74) is 3.58. The van der Waals surface area contributed by atoms with Gasteiger partial charge in [-0.05, 0) is 55.3 Å². The van der Waals surface area contributed by atoms with Gasteiger partial charge in [0, 0.05) is 18.2 Å². The van der Waals surface area contributed by atoms with E-state index >= 15 is 0 Å². The number of fused-ring (bicyclic) bond motifs is 2. The van der Waals surface area contributed by atoms with Crippen LogP contribution in [-0.4, -0.2) is 32.5 Å². The molecule has 0 aliphatic heterocycles. The third-order valence-corrected chi connectivity index (χ3v) is 9.24. The van der Waals surface area contributed by atoms with Gasteiger partial charge in [-0.2, -0.15) is 13.1 Å². The zero-order chi connectivity index (χ0) is 23.2. The van der Waals surface area contributed by atoms with E-state index < -0.39 is 10.0 Å². The number of H-pyrrole nitrogens is 1. The first-order valence-electron chi connectivity index (χ1n) is 11.2. The number of aromatic nitrogens is 3. The summed E-state index contributed by atoms with van der Waals surface area (Å²) in [5.74, 6) is 0. The standard InChI is InChI=1S/C24H26N4O3S2/c1-15-7-6-8-17-13-18(24(29)25-21(15)17)14-28(19-9-4-3-5-10-19)33(30,31)23-16(2)11-12-20-22(23)27-32-26-20/h6-8,11-13,19H,3-5,9-10,14H2,1-2H3,(H,25,29). The molecule has 7 nitrogen and oxygen atoms in total. The SMILES string of the molecule is Cc1ccc2nsnc2c1S(=O)(=O)N(Cc1cc2cccc(C)c2[nH]c1=O)C1CCCCC1. The number of nitrogens with zero attached hydrogens (tertiary/aromatic N) is 3. The van der Waals surface area contributed by atoms with Crippen LogP contribution >= 0.6 is 11.7 Å². The number of aromatic amines is 1. The van der Waals surface area contributed by atoms with Gasteiger partial charge >= 0.3 is 0 Å². The lowest BCUT2D eigenvalue weighted by Gasteiger charge is -2.33. The average molecular weight is 483 g/mol. The van der Waals surface area contributed by atoms with Crippen LogP contribution in [0.5, 0.6) is 0 Å². The number of hydrogen-bond acceptors (Lipinski definition) is 6. The Kier molecular flexibility index (Phi) is 5.80. The number of para-hydroxylation sites is 1. The highest BCUT2D eigenvalue weighted by atomic mass is 32.2. The Morgan fingerprint density at radius 1 is 1.06 bits per heavy atom. The molecule has 5 rings (SSSR count). The van der Waals surface area contributed by atoms with Gasteiger partial charge < -0.3 is 4.98 Å². The smallest absolute Gasteiger partial charge is 0.252 e. The minimum absolute atomic E-state index is 0.0274. The maximum absolute atomic E-state index is 14.1. The first-order chi connectivity index (χ1) is 15.9. The molecule has 4 aromatic rings. The molecule has 2 aromatic heterocycles. The lowest BCUT2D eigenvalue weighted by Crippen LogP contribution is -2.42.